The topological polar surface area (TPSA) is 63.0 Å². The van der Waals surface area contributed by atoms with E-state index in [9.17, 15) is 3.52 Å². The molecule has 0 fully saturated rings. The lowest BCUT2D eigenvalue weighted by Gasteiger charge is -1.08. The van der Waals surface area contributed by atoms with Gasteiger partial charge in [0.1, 0.15) is 0 Å². The average Bonchev–Trinajstić information content (AvgIpc) is 1.00. The van der Waals surface area contributed by atoms with Crippen molar-refractivity contribution in [3.63, 3.8) is 0 Å². The molecular weight excluding hydrogens is 105 g/mol. The van der Waals surface area contributed by atoms with Crippen LogP contribution in [0.5, 0.6) is 0 Å². The van der Waals surface area contributed by atoms with E-state index in [1.165, 1.54) is 0 Å². The van der Waals surface area contributed by atoms with Crippen molar-refractivity contribution in [3.8, 4) is 0 Å². The van der Waals surface area contributed by atoms with Gasteiger partial charge in [-0.2, -0.15) is 0 Å². The van der Waals surface area contributed by atoms with Crippen molar-refractivity contribution >= 4 is 34.1 Å². The maximum atomic E-state index is 9.53. The van der Waals surface area contributed by atoms with E-state index in [0.717, 1.165) is 0 Å². The SMILES string of the molecule is O.O.[AlH3].[F][AlH]. The highest BCUT2D eigenvalue weighted by Crippen LogP contribution is 1.10. The van der Waals surface area contributed by atoms with Crippen LogP contribution >= 0.6 is 0 Å². The second-order valence-electron chi connectivity index (χ2n) is 0. The zero-order chi connectivity index (χ0) is 2.00. The van der Waals surface area contributed by atoms with Crippen LogP contribution in [0.15, 0.2) is 0 Å². The highest BCUT2D eigenvalue weighted by atomic mass is 27.1. The molecular formula is H8Al2FO2. The lowest BCUT2D eigenvalue weighted by Crippen LogP contribution is -1.06. The van der Waals surface area contributed by atoms with Crippen LogP contribution in [0.4, 0.5) is 3.52 Å². The third kappa shape index (κ3) is 49.9. The summed E-state index contributed by atoms with van der Waals surface area (Å²) in [7, 11) is 0. The van der Waals surface area contributed by atoms with Crippen LogP contribution in [0, 0.1) is 0 Å². The number of hydrogen-bond acceptors (Lipinski definition) is 0. The highest BCUT2D eigenvalue weighted by molar-refractivity contribution is 5.96. The van der Waals surface area contributed by atoms with Gasteiger partial charge in [-0.05, 0) is 0 Å². The lowest BCUT2D eigenvalue weighted by atomic mass is 16.0. The fourth-order valence-corrected chi connectivity index (χ4v) is 0. The molecule has 0 heterocycles. The third-order valence-electron chi connectivity index (χ3n) is 0. The quantitative estimate of drug-likeness (QED) is 0.299. The van der Waals surface area contributed by atoms with E-state index in [0.29, 0.717) is 16.7 Å². The smallest absolute Gasteiger partial charge is 0.438 e. The van der Waals surface area contributed by atoms with Crippen molar-refractivity contribution in [1.29, 1.82) is 0 Å². The Balaban J connectivity index is -0.00000000167. The molecule has 0 aliphatic rings. The monoisotopic (exact) mass is 113 g/mol. The molecule has 33 valence electrons. The van der Waals surface area contributed by atoms with Gasteiger partial charge in [0.05, 0.1) is 0 Å². The van der Waals surface area contributed by atoms with Crippen LogP contribution in [0.3, 0.4) is 0 Å². The summed E-state index contributed by atoms with van der Waals surface area (Å²) in [6.45, 7) is 0. The molecule has 0 rings (SSSR count). The second-order valence-corrected chi connectivity index (χ2v) is 0. The molecule has 1 radical (unpaired) electrons. The van der Waals surface area contributed by atoms with Gasteiger partial charge >= 0.3 is 16.7 Å². The van der Waals surface area contributed by atoms with Crippen LogP contribution in [-0.4, -0.2) is 45.1 Å². The normalized spacial score (nSPS) is 1.00. The number of halogens is 1. The van der Waals surface area contributed by atoms with E-state index >= 15 is 0 Å². The first-order valence-electron chi connectivity index (χ1n) is 0.267. The zero-order valence-electron chi connectivity index (χ0n) is 2.09. The van der Waals surface area contributed by atoms with E-state index in [4.69, 9.17) is 0 Å². The molecule has 0 aromatic heterocycles. The first-order valence-corrected chi connectivity index (χ1v) is 0.802. The molecule has 2 nitrogen and oxygen atoms in total. The molecule has 0 aliphatic heterocycles. The van der Waals surface area contributed by atoms with Gasteiger partial charge in [-0.15, -0.1) is 0 Å². The Bertz CT molecular complexity index is 7.61. The Kier molecular flexibility index (Phi) is 701. The molecule has 0 unspecified atom stereocenters. The first kappa shape index (κ1) is 39.0. The standard InChI is InChI=1S/2Al.FH.2H2O.4H/h;;1H;2*1H2;;;;/q;+1;;;;;;;/p-1. The zero-order valence-corrected chi connectivity index (χ0v) is 3.50. The van der Waals surface area contributed by atoms with Gasteiger partial charge in [0.25, 0.3) is 0 Å². The van der Waals surface area contributed by atoms with Crippen molar-refractivity contribution in [1.82, 2.24) is 0 Å². The van der Waals surface area contributed by atoms with Gasteiger partial charge < -0.3 is 14.5 Å². The fraction of sp³-hybridized carbons (Fsp3) is 0. The summed E-state index contributed by atoms with van der Waals surface area (Å²) in [5.74, 6) is 0. The van der Waals surface area contributed by atoms with Crippen molar-refractivity contribution < 1.29 is 14.5 Å². The van der Waals surface area contributed by atoms with Gasteiger partial charge in [0, 0.05) is 0 Å². The van der Waals surface area contributed by atoms with Crippen LogP contribution in [0.25, 0.3) is 0 Å². The minimum atomic E-state index is 0. The van der Waals surface area contributed by atoms with E-state index in [2.05, 4.69) is 0 Å². The average molecular weight is 113 g/mol. The Hall–Kier alpha value is 0.915. The molecule has 0 saturated heterocycles. The Morgan fingerprint density at radius 1 is 1.00 bits per heavy atom. The molecule has 4 N–H and O–H groups in total. The van der Waals surface area contributed by atoms with Crippen LogP contribution in [-0.2, 0) is 0 Å². The lowest BCUT2D eigenvalue weighted by molar-refractivity contribution is 0.823. The molecule has 0 bridgehead atoms. The largest absolute Gasteiger partial charge is 0.464 e. The Labute approximate surface area is 49.0 Å². The summed E-state index contributed by atoms with van der Waals surface area (Å²) in [6.07, 6.45) is 0. The predicted molar refractivity (Wildman–Crippen MR) is 25.4 cm³/mol. The molecule has 0 atom stereocenters. The summed E-state index contributed by atoms with van der Waals surface area (Å²) < 4.78 is 9.53. The first-order chi connectivity index (χ1) is 1.00. The van der Waals surface area contributed by atoms with Crippen LogP contribution in [0.2, 0.25) is 0 Å². The molecule has 0 aromatic carbocycles. The van der Waals surface area contributed by atoms with Gasteiger partial charge in [-0.25, -0.2) is 0 Å². The molecule has 5 heteroatoms. The van der Waals surface area contributed by atoms with Crippen molar-refractivity contribution in [2.75, 3.05) is 0 Å². The molecule has 0 amide bonds. The van der Waals surface area contributed by atoms with Gasteiger partial charge in [0.15, 0.2) is 17.4 Å². The highest BCUT2D eigenvalue weighted by Gasteiger charge is 1.11. The van der Waals surface area contributed by atoms with Gasteiger partial charge in [-0.3, -0.25) is 0 Å². The molecule has 0 saturated carbocycles. The maximum Gasteiger partial charge on any atom is 0.464 e. The van der Waals surface area contributed by atoms with Crippen LogP contribution in [0.1, 0.15) is 0 Å². The summed E-state index contributed by atoms with van der Waals surface area (Å²) >= 11 is 0.361. The second kappa shape index (κ2) is 90.0. The Morgan fingerprint density at radius 2 is 1.00 bits per heavy atom. The van der Waals surface area contributed by atoms with E-state index < -0.39 is 0 Å². The van der Waals surface area contributed by atoms with Gasteiger partial charge in [-0.1, -0.05) is 0 Å². The molecule has 5 heavy (non-hydrogen) atoms. The van der Waals surface area contributed by atoms with Crippen LogP contribution < -0.4 is 0 Å². The van der Waals surface area contributed by atoms with Crippen molar-refractivity contribution in [2.45, 2.75) is 0 Å². The van der Waals surface area contributed by atoms with E-state index in [-0.39, 0.29) is 28.3 Å². The molecule has 0 spiro atoms. The van der Waals surface area contributed by atoms with Crippen molar-refractivity contribution in [2.24, 2.45) is 0 Å². The summed E-state index contributed by atoms with van der Waals surface area (Å²) in [5, 5.41) is 0. The minimum absolute atomic E-state index is 0. The third-order valence-corrected chi connectivity index (χ3v) is 0. The Morgan fingerprint density at radius 3 is 1.00 bits per heavy atom. The van der Waals surface area contributed by atoms with Crippen molar-refractivity contribution in [3.05, 3.63) is 0 Å². The van der Waals surface area contributed by atoms with E-state index in [1.807, 2.05) is 0 Å². The summed E-state index contributed by atoms with van der Waals surface area (Å²) in [4.78, 5) is 0. The molecule has 0 aromatic rings. The summed E-state index contributed by atoms with van der Waals surface area (Å²) in [5.41, 5.74) is 0. The minimum Gasteiger partial charge on any atom is -0.438 e. The van der Waals surface area contributed by atoms with E-state index in [1.54, 1.807) is 0 Å². The number of hydrogen-bond donors (Lipinski definition) is 0. The fourth-order valence-electron chi connectivity index (χ4n) is 0. The molecule has 0 aliphatic carbocycles. The predicted octanol–water partition coefficient (Wildman–Crippen LogP) is -3.06. The maximum absolute atomic E-state index is 9.53. The van der Waals surface area contributed by atoms with Gasteiger partial charge in [0.2, 0.25) is 0 Å². The summed E-state index contributed by atoms with van der Waals surface area (Å²) in [6, 6.07) is 0. The number of rotatable bonds is 0.